The average molecular weight is 444 g/mol. The van der Waals surface area contributed by atoms with Crippen LogP contribution < -0.4 is 0 Å². The minimum Gasteiger partial charge on any atom is -0.339 e. The van der Waals surface area contributed by atoms with Gasteiger partial charge in [0.05, 0.1) is 17.8 Å². The number of halogens is 2. The van der Waals surface area contributed by atoms with Crippen LogP contribution in [0.1, 0.15) is 0 Å². The molecule has 1 heterocycles. The highest BCUT2D eigenvalue weighted by atomic mass is 35.5. The van der Waals surface area contributed by atoms with E-state index in [1.807, 2.05) is 0 Å². The van der Waals surface area contributed by atoms with E-state index >= 15 is 0 Å². The first kappa shape index (κ1) is 21.4. The first-order chi connectivity index (χ1) is 11.9. The predicted molar refractivity (Wildman–Crippen MR) is 99.3 cm³/mol. The number of hydrogen-bond acceptors (Lipinski definition) is 5. The van der Waals surface area contributed by atoms with Crippen molar-refractivity contribution < 1.29 is 21.6 Å². The zero-order valence-electron chi connectivity index (χ0n) is 14.2. The summed E-state index contributed by atoms with van der Waals surface area (Å²) in [6.45, 7) is 0.201. The largest absolute Gasteiger partial charge is 0.339 e. The molecular formula is C14H19Cl2N3O5S2. The van der Waals surface area contributed by atoms with Crippen LogP contribution in [0.4, 0.5) is 0 Å². The fraction of sp³-hybridized carbons (Fsp3) is 0.500. The molecule has 26 heavy (non-hydrogen) atoms. The number of benzene rings is 1. The Morgan fingerprint density at radius 1 is 1.12 bits per heavy atom. The lowest BCUT2D eigenvalue weighted by atomic mass is 10.3. The third kappa shape index (κ3) is 4.87. The molecule has 1 aromatic rings. The second-order valence-electron chi connectivity index (χ2n) is 5.88. The SMILES string of the molecule is CN(CC(=O)N1CCN(S(=O)(=O)c2cc(Cl)ccc2Cl)CC1)S(C)(=O)=O. The number of likely N-dealkylation sites (N-methyl/N-ethyl adjacent to an activating group) is 1. The topological polar surface area (TPSA) is 95.1 Å². The van der Waals surface area contributed by atoms with E-state index in [2.05, 4.69) is 0 Å². The smallest absolute Gasteiger partial charge is 0.244 e. The van der Waals surface area contributed by atoms with Crippen LogP contribution in [0.15, 0.2) is 23.1 Å². The Bertz CT molecular complexity index is 897. The predicted octanol–water partition coefficient (Wildman–Crippen LogP) is 0.718. The fourth-order valence-electron chi connectivity index (χ4n) is 2.40. The average Bonchev–Trinajstić information content (AvgIpc) is 2.56. The fourth-order valence-corrected chi connectivity index (χ4v) is 4.90. The van der Waals surface area contributed by atoms with Crippen LogP contribution in [0.5, 0.6) is 0 Å². The van der Waals surface area contributed by atoms with Crippen LogP contribution >= 0.6 is 23.2 Å². The summed E-state index contributed by atoms with van der Waals surface area (Å²) in [7, 11) is -5.99. The Balaban J connectivity index is 2.06. The number of nitrogens with zero attached hydrogens (tertiary/aromatic N) is 3. The van der Waals surface area contributed by atoms with E-state index in [9.17, 15) is 21.6 Å². The minimum absolute atomic E-state index is 0.0719. The van der Waals surface area contributed by atoms with Crippen molar-refractivity contribution in [1.82, 2.24) is 13.5 Å². The Labute approximate surface area is 163 Å². The lowest BCUT2D eigenvalue weighted by molar-refractivity contribution is -0.132. The molecule has 0 atom stereocenters. The van der Waals surface area contributed by atoms with Gasteiger partial charge in [-0.05, 0) is 18.2 Å². The molecule has 0 aliphatic carbocycles. The molecule has 0 radical (unpaired) electrons. The van der Waals surface area contributed by atoms with Gasteiger partial charge >= 0.3 is 0 Å². The molecule has 1 saturated heterocycles. The van der Waals surface area contributed by atoms with Crippen LogP contribution in [-0.4, -0.2) is 82.3 Å². The van der Waals surface area contributed by atoms with Crippen molar-refractivity contribution in [3.05, 3.63) is 28.2 Å². The Morgan fingerprint density at radius 3 is 2.23 bits per heavy atom. The van der Waals surface area contributed by atoms with Gasteiger partial charge in [0.25, 0.3) is 0 Å². The molecule has 0 spiro atoms. The van der Waals surface area contributed by atoms with Gasteiger partial charge in [-0.2, -0.15) is 8.61 Å². The van der Waals surface area contributed by atoms with E-state index < -0.39 is 20.0 Å². The van der Waals surface area contributed by atoms with Crippen molar-refractivity contribution in [3.8, 4) is 0 Å². The summed E-state index contributed by atoms with van der Waals surface area (Å²) in [6, 6.07) is 4.20. The van der Waals surface area contributed by atoms with Gasteiger partial charge in [0.2, 0.25) is 26.0 Å². The van der Waals surface area contributed by atoms with Crippen molar-refractivity contribution in [1.29, 1.82) is 0 Å². The number of amides is 1. The van der Waals surface area contributed by atoms with Gasteiger partial charge in [0.15, 0.2) is 0 Å². The van der Waals surface area contributed by atoms with Crippen molar-refractivity contribution in [3.63, 3.8) is 0 Å². The highest BCUT2D eigenvalue weighted by Gasteiger charge is 2.32. The number of carbonyl (C=O) groups excluding carboxylic acids is 1. The van der Waals surface area contributed by atoms with E-state index in [-0.39, 0.29) is 53.6 Å². The maximum Gasteiger partial charge on any atom is 0.244 e. The molecule has 1 aromatic carbocycles. The molecule has 1 fully saturated rings. The van der Waals surface area contributed by atoms with Crippen molar-refractivity contribution in [2.45, 2.75) is 4.90 Å². The summed E-state index contributed by atoms with van der Waals surface area (Å²) in [4.78, 5) is 13.6. The van der Waals surface area contributed by atoms with Crippen LogP contribution in [0.3, 0.4) is 0 Å². The standard InChI is InChI=1S/C14H19Cl2N3O5S2/c1-17(25(2,21)22)10-14(20)18-5-7-19(8-6-18)26(23,24)13-9-11(15)3-4-12(13)16/h3-4,9H,5-8,10H2,1-2H3. The molecule has 146 valence electrons. The van der Waals surface area contributed by atoms with Crippen molar-refractivity contribution >= 4 is 49.2 Å². The molecular weight excluding hydrogens is 425 g/mol. The van der Waals surface area contributed by atoms with Crippen molar-refractivity contribution in [2.24, 2.45) is 0 Å². The van der Waals surface area contributed by atoms with E-state index in [1.54, 1.807) is 0 Å². The van der Waals surface area contributed by atoms with Gasteiger partial charge in [0, 0.05) is 38.2 Å². The van der Waals surface area contributed by atoms with Gasteiger partial charge in [-0.25, -0.2) is 16.8 Å². The highest BCUT2D eigenvalue weighted by Crippen LogP contribution is 2.28. The Hall–Kier alpha value is -0.910. The van der Waals surface area contributed by atoms with Crippen LogP contribution in [0.2, 0.25) is 10.0 Å². The van der Waals surface area contributed by atoms with E-state index in [4.69, 9.17) is 23.2 Å². The summed E-state index contributed by atoms with van der Waals surface area (Å²) in [5, 5.41) is 0.327. The van der Waals surface area contributed by atoms with Crippen LogP contribution in [0.25, 0.3) is 0 Å². The third-order valence-electron chi connectivity index (χ3n) is 4.03. The summed E-state index contributed by atoms with van der Waals surface area (Å²) in [5.74, 6) is -0.379. The molecule has 0 aromatic heterocycles. The maximum atomic E-state index is 12.7. The summed E-state index contributed by atoms with van der Waals surface area (Å²) in [6.07, 6.45) is 1.01. The zero-order chi connectivity index (χ0) is 19.7. The summed E-state index contributed by atoms with van der Waals surface area (Å²) in [5.41, 5.74) is 0. The lowest BCUT2D eigenvalue weighted by Crippen LogP contribution is -2.52. The second kappa shape index (κ2) is 7.99. The Kier molecular flexibility index (Phi) is 6.57. The molecule has 0 bridgehead atoms. The third-order valence-corrected chi connectivity index (χ3v) is 7.90. The molecule has 1 amide bonds. The summed E-state index contributed by atoms with van der Waals surface area (Å²) >= 11 is 11.9. The first-order valence-electron chi connectivity index (χ1n) is 7.57. The lowest BCUT2D eigenvalue weighted by Gasteiger charge is -2.34. The van der Waals surface area contributed by atoms with E-state index in [1.165, 1.54) is 34.5 Å². The molecule has 0 saturated carbocycles. The minimum atomic E-state index is -3.84. The number of sulfonamides is 2. The number of carbonyl (C=O) groups is 1. The molecule has 0 N–H and O–H groups in total. The Morgan fingerprint density at radius 2 is 1.69 bits per heavy atom. The number of piperazine rings is 1. The molecule has 2 rings (SSSR count). The van der Waals surface area contributed by atoms with Crippen LogP contribution in [-0.2, 0) is 24.8 Å². The van der Waals surface area contributed by atoms with E-state index in [0.717, 1.165) is 10.6 Å². The first-order valence-corrected chi connectivity index (χ1v) is 11.6. The van der Waals surface area contributed by atoms with Gasteiger partial charge in [-0.3, -0.25) is 4.79 Å². The molecule has 8 nitrogen and oxygen atoms in total. The summed E-state index contributed by atoms with van der Waals surface area (Å²) < 4.78 is 50.4. The molecule has 1 aliphatic heterocycles. The van der Waals surface area contributed by atoms with Gasteiger partial charge < -0.3 is 4.90 Å². The van der Waals surface area contributed by atoms with Gasteiger partial charge in [0.1, 0.15) is 4.90 Å². The maximum absolute atomic E-state index is 12.7. The molecule has 1 aliphatic rings. The van der Waals surface area contributed by atoms with Gasteiger partial charge in [-0.15, -0.1) is 0 Å². The monoisotopic (exact) mass is 443 g/mol. The highest BCUT2D eigenvalue weighted by molar-refractivity contribution is 7.89. The number of rotatable bonds is 5. The van der Waals surface area contributed by atoms with Gasteiger partial charge in [-0.1, -0.05) is 23.2 Å². The van der Waals surface area contributed by atoms with E-state index in [0.29, 0.717) is 0 Å². The quantitative estimate of drug-likeness (QED) is 0.667. The molecule has 12 heteroatoms. The normalized spacial score (nSPS) is 16.9. The number of hydrogen-bond donors (Lipinski definition) is 0. The van der Waals surface area contributed by atoms with Crippen molar-refractivity contribution in [2.75, 3.05) is 46.0 Å². The molecule has 0 unspecified atom stereocenters. The second-order valence-corrected chi connectivity index (χ2v) is 10.7. The zero-order valence-corrected chi connectivity index (χ0v) is 17.4. The van der Waals surface area contributed by atoms with Crippen LogP contribution in [0, 0.1) is 0 Å².